The minimum atomic E-state index is -0.783. The van der Waals surface area contributed by atoms with Crippen LogP contribution in [0.25, 0.3) is 0 Å². The van der Waals surface area contributed by atoms with Crippen LogP contribution in [0.3, 0.4) is 0 Å². The third kappa shape index (κ3) is 6.78. The normalized spacial score (nSPS) is 12.2. The van der Waals surface area contributed by atoms with Gasteiger partial charge in [-0.15, -0.1) is 0 Å². The standard InChI is InChI=1S/C14H24N4O3/c1-10(2)18-9-12(8-16-18)17-14(21)15-7-6-11(3)4-5-13(19)20/h8-11H,4-7H2,1-3H3,(H,19,20)(H2,15,17,21). The fourth-order valence-corrected chi connectivity index (χ4v) is 1.81. The van der Waals surface area contributed by atoms with E-state index in [0.717, 1.165) is 6.42 Å². The monoisotopic (exact) mass is 296 g/mol. The summed E-state index contributed by atoms with van der Waals surface area (Å²) in [7, 11) is 0. The van der Waals surface area contributed by atoms with Crippen molar-refractivity contribution in [1.82, 2.24) is 15.1 Å². The number of carboxylic acid groups (broad SMARTS) is 1. The summed E-state index contributed by atoms with van der Waals surface area (Å²) < 4.78 is 1.77. The highest BCUT2D eigenvalue weighted by Gasteiger charge is 2.08. The lowest BCUT2D eigenvalue weighted by atomic mass is 10.0. The second-order valence-electron chi connectivity index (χ2n) is 5.51. The maximum Gasteiger partial charge on any atom is 0.319 e. The van der Waals surface area contributed by atoms with Crippen molar-refractivity contribution in [2.45, 2.75) is 46.1 Å². The second kappa shape index (κ2) is 8.28. The first-order valence-electron chi connectivity index (χ1n) is 7.19. The molecule has 7 heteroatoms. The Hall–Kier alpha value is -2.05. The van der Waals surface area contributed by atoms with E-state index in [0.29, 0.717) is 18.7 Å². The quantitative estimate of drug-likeness (QED) is 0.686. The molecule has 0 bridgehead atoms. The summed E-state index contributed by atoms with van der Waals surface area (Å²) in [6.07, 6.45) is 4.93. The molecule has 0 aliphatic rings. The number of carbonyl (C=O) groups excluding carboxylic acids is 1. The molecule has 1 aromatic rings. The molecule has 2 amide bonds. The molecule has 1 heterocycles. The lowest BCUT2D eigenvalue weighted by Crippen LogP contribution is -2.30. The molecular formula is C14H24N4O3. The number of rotatable bonds is 8. The lowest BCUT2D eigenvalue weighted by Gasteiger charge is -2.11. The maximum absolute atomic E-state index is 11.7. The van der Waals surface area contributed by atoms with E-state index in [1.54, 1.807) is 17.1 Å². The number of aromatic nitrogens is 2. The first-order valence-corrected chi connectivity index (χ1v) is 7.19. The molecule has 21 heavy (non-hydrogen) atoms. The average molecular weight is 296 g/mol. The van der Waals surface area contributed by atoms with Gasteiger partial charge in [-0.1, -0.05) is 6.92 Å². The van der Waals surface area contributed by atoms with Crippen LogP contribution < -0.4 is 10.6 Å². The first kappa shape index (κ1) is 17.0. The highest BCUT2D eigenvalue weighted by Crippen LogP contribution is 2.10. The number of nitrogens with one attached hydrogen (secondary N) is 2. The minimum Gasteiger partial charge on any atom is -0.481 e. The topological polar surface area (TPSA) is 96.3 Å². The predicted octanol–water partition coefficient (Wildman–Crippen LogP) is 2.48. The van der Waals surface area contributed by atoms with Gasteiger partial charge in [0.2, 0.25) is 0 Å². The van der Waals surface area contributed by atoms with Crippen LogP contribution >= 0.6 is 0 Å². The van der Waals surface area contributed by atoms with Gasteiger partial charge in [0, 0.05) is 25.2 Å². The zero-order valence-corrected chi connectivity index (χ0v) is 12.8. The van der Waals surface area contributed by atoms with E-state index in [1.807, 2.05) is 20.8 Å². The number of carbonyl (C=O) groups is 2. The molecular weight excluding hydrogens is 272 g/mol. The summed E-state index contributed by atoms with van der Waals surface area (Å²) in [6.45, 7) is 6.52. The van der Waals surface area contributed by atoms with Crippen LogP contribution in [0.2, 0.25) is 0 Å². The van der Waals surface area contributed by atoms with Crippen LogP contribution in [0.1, 0.15) is 46.1 Å². The van der Waals surface area contributed by atoms with Crippen LogP contribution in [0.5, 0.6) is 0 Å². The molecule has 0 aliphatic carbocycles. The van der Waals surface area contributed by atoms with Gasteiger partial charge in [-0.05, 0) is 32.6 Å². The molecule has 1 aromatic heterocycles. The molecule has 7 nitrogen and oxygen atoms in total. The van der Waals surface area contributed by atoms with E-state index in [-0.39, 0.29) is 24.4 Å². The van der Waals surface area contributed by atoms with Crippen LogP contribution in [0.4, 0.5) is 10.5 Å². The Morgan fingerprint density at radius 2 is 2.05 bits per heavy atom. The zero-order chi connectivity index (χ0) is 15.8. The van der Waals surface area contributed by atoms with Gasteiger partial charge >= 0.3 is 12.0 Å². The predicted molar refractivity (Wildman–Crippen MR) is 80.3 cm³/mol. The Kier molecular flexibility index (Phi) is 6.71. The SMILES string of the molecule is CC(CCNC(=O)Nc1cnn(C(C)C)c1)CCC(=O)O. The summed E-state index contributed by atoms with van der Waals surface area (Å²) in [5.41, 5.74) is 0.653. The summed E-state index contributed by atoms with van der Waals surface area (Å²) >= 11 is 0. The van der Waals surface area contributed by atoms with Crippen molar-refractivity contribution < 1.29 is 14.7 Å². The number of hydrogen-bond acceptors (Lipinski definition) is 3. The minimum absolute atomic E-state index is 0.168. The van der Waals surface area contributed by atoms with E-state index in [1.165, 1.54) is 0 Å². The largest absolute Gasteiger partial charge is 0.481 e. The number of amides is 2. The van der Waals surface area contributed by atoms with Crippen LogP contribution in [0, 0.1) is 5.92 Å². The van der Waals surface area contributed by atoms with Crippen LogP contribution in [0.15, 0.2) is 12.4 Å². The number of aliphatic carboxylic acids is 1. The molecule has 118 valence electrons. The molecule has 3 N–H and O–H groups in total. The van der Waals surface area contributed by atoms with E-state index >= 15 is 0 Å². The van der Waals surface area contributed by atoms with Gasteiger partial charge in [0.15, 0.2) is 0 Å². The van der Waals surface area contributed by atoms with Gasteiger partial charge in [0.1, 0.15) is 0 Å². The Morgan fingerprint density at radius 3 is 2.62 bits per heavy atom. The summed E-state index contributed by atoms with van der Waals surface area (Å²) in [5.74, 6) is -0.514. The van der Waals surface area contributed by atoms with Gasteiger partial charge in [-0.25, -0.2) is 4.79 Å². The number of anilines is 1. The van der Waals surface area contributed by atoms with Crippen molar-refractivity contribution in [1.29, 1.82) is 0 Å². The number of carboxylic acids is 1. The molecule has 1 rings (SSSR count). The molecule has 0 saturated carbocycles. The van der Waals surface area contributed by atoms with E-state index < -0.39 is 5.97 Å². The Labute approximate surface area is 124 Å². The van der Waals surface area contributed by atoms with Crippen molar-refractivity contribution in [3.05, 3.63) is 12.4 Å². The van der Waals surface area contributed by atoms with E-state index in [4.69, 9.17) is 5.11 Å². The fourth-order valence-electron chi connectivity index (χ4n) is 1.81. The molecule has 1 atom stereocenters. The van der Waals surface area contributed by atoms with Crippen molar-refractivity contribution in [3.8, 4) is 0 Å². The zero-order valence-electron chi connectivity index (χ0n) is 12.8. The first-order chi connectivity index (χ1) is 9.88. The van der Waals surface area contributed by atoms with Crippen LogP contribution in [-0.4, -0.2) is 33.4 Å². The molecule has 0 aliphatic heterocycles. The van der Waals surface area contributed by atoms with E-state index in [2.05, 4.69) is 15.7 Å². The van der Waals surface area contributed by atoms with Gasteiger partial charge < -0.3 is 15.7 Å². The Bertz CT molecular complexity index is 471. The average Bonchev–Trinajstić information content (AvgIpc) is 2.85. The van der Waals surface area contributed by atoms with Gasteiger partial charge in [0.25, 0.3) is 0 Å². The summed E-state index contributed by atoms with van der Waals surface area (Å²) in [6, 6.07) is -0.0255. The summed E-state index contributed by atoms with van der Waals surface area (Å²) in [4.78, 5) is 22.1. The van der Waals surface area contributed by atoms with Gasteiger partial charge in [0.05, 0.1) is 11.9 Å². The number of hydrogen-bond donors (Lipinski definition) is 3. The second-order valence-corrected chi connectivity index (χ2v) is 5.51. The lowest BCUT2D eigenvalue weighted by molar-refractivity contribution is -0.137. The number of nitrogens with zero attached hydrogens (tertiary/aromatic N) is 2. The molecule has 1 unspecified atom stereocenters. The molecule has 0 spiro atoms. The number of urea groups is 1. The van der Waals surface area contributed by atoms with Crippen molar-refractivity contribution in [2.24, 2.45) is 5.92 Å². The van der Waals surface area contributed by atoms with Gasteiger partial charge in [-0.3, -0.25) is 9.48 Å². The smallest absolute Gasteiger partial charge is 0.319 e. The van der Waals surface area contributed by atoms with Crippen LogP contribution in [-0.2, 0) is 4.79 Å². The molecule has 0 fully saturated rings. The maximum atomic E-state index is 11.7. The highest BCUT2D eigenvalue weighted by atomic mass is 16.4. The van der Waals surface area contributed by atoms with Crippen molar-refractivity contribution in [2.75, 3.05) is 11.9 Å². The third-order valence-corrected chi connectivity index (χ3v) is 3.16. The Morgan fingerprint density at radius 1 is 1.33 bits per heavy atom. The summed E-state index contributed by atoms with van der Waals surface area (Å²) in [5, 5.41) is 18.2. The fraction of sp³-hybridized carbons (Fsp3) is 0.643. The van der Waals surface area contributed by atoms with E-state index in [9.17, 15) is 9.59 Å². The highest BCUT2D eigenvalue weighted by molar-refractivity contribution is 5.88. The molecule has 0 saturated heterocycles. The Balaban J connectivity index is 2.23. The molecule has 0 radical (unpaired) electrons. The molecule has 0 aromatic carbocycles. The van der Waals surface area contributed by atoms with Crippen molar-refractivity contribution >= 4 is 17.7 Å². The van der Waals surface area contributed by atoms with Crippen molar-refractivity contribution in [3.63, 3.8) is 0 Å². The third-order valence-electron chi connectivity index (χ3n) is 3.16. The van der Waals surface area contributed by atoms with Gasteiger partial charge in [-0.2, -0.15) is 5.10 Å².